The average Bonchev–Trinajstić information content (AvgIpc) is 2.80. The Labute approximate surface area is 135 Å². The lowest BCUT2D eigenvalue weighted by Gasteiger charge is -2.20. The molecule has 1 aromatic carbocycles. The number of para-hydroxylation sites is 1. The van der Waals surface area contributed by atoms with Crippen LogP contribution < -0.4 is 11.1 Å². The van der Waals surface area contributed by atoms with Gasteiger partial charge in [0.15, 0.2) is 0 Å². The van der Waals surface area contributed by atoms with E-state index in [0.29, 0.717) is 0 Å². The quantitative estimate of drug-likeness (QED) is 0.890. The van der Waals surface area contributed by atoms with Crippen LogP contribution in [0.2, 0.25) is 0 Å². The van der Waals surface area contributed by atoms with Crippen molar-refractivity contribution in [2.45, 2.75) is 11.9 Å². The van der Waals surface area contributed by atoms with Crippen LogP contribution in [0.4, 0.5) is 0 Å². The number of allylic oxidation sites excluding steroid dienone is 3. The molecule has 0 saturated carbocycles. The lowest BCUT2D eigenvalue weighted by Crippen LogP contribution is -2.12. The van der Waals surface area contributed by atoms with Gasteiger partial charge in [-0.2, -0.15) is 0 Å². The van der Waals surface area contributed by atoms with Crippen LogP contribution in [0.25, 0.3) is 16.5 Å². The van der Waals surface area contributed by atoms with Gasteiger partial charge in [0.05, 0.1) is 10.7 Å². The molecule has 3 rings (SSSR count). The number of hydrogen-bond donors (Lipinski definition) is 2. The molecule has 0 unspecified atom stereocenters. The second kappa shape index (κ2) is 5.61. The van der Waals surface area contributed by atoms with Crippen molar-refractivity contribution < 1.29 is 0 Å². The van der Waals surface area contributed by atoms with Crippen molar-refractivity contribution in [1.29, 1.82) is 0 Å². The van der Waals surface area contributed by atoms with Crippen LogP contribution >= 0.6 is 11.8 Å². The molecule has 0 bridgehead atoms. The van der Waals surface area contributed by atoms with Gasteiger partial charge in [-0.05, 0) is 30.2 Å². The zero-order valence-corrected chi connectivity index (χ0v) is 14.1. The second-order valence-electron chi connectivity index (χ2n) is 5.54. The molecule has 3 nitrogen and oxygen atoms in total. The van der Waals surface area contributed by atoms with Crippen molar-refractivity contribution in [2.24, 2.45) is 12.8 Å². The number of rotatable bonds is 2. The Morgan fingerprint density at radius 2 is 2.14 bits per heavy atom. The summed E-state index contributed by atoms with van der Waals surface area (Å²) in [5.74, 6) is 0.911. The molecular weight excluding hydrogens is 290 g/mol. The van der Waals surface area contributed by atoms with Crippen LogP contribution in [0.1, 0.15) is 12.5 Å². The Morgan fingerprint density at radius 1 is 1.41 bits per heavy atom. The van der Waals surface area contributed by atoms with E-state index >= 15 is 0 Å². The van der Waals surface area contributed by atoms with Crippen molar-refractivity contribution in [3.05, 3.63) is 59.5 Å². The molecule has 0 spiro atoms. The molecule has 0 amide bonds. The average molecular weight is 311 g/mol. The minimum Gasteiger partial charge on any atom is -0.401 e. The summed E-state index contributed by atoms with van der Waals surface area (Å²) in [6.07, 6.45) is 2.12. The van der Waals surface area contributed by atoms with E-state index in [1.54, 1.807) is 0 Å². The third kappa shape index (κ3) is 2.24. The first-order valence-electron chi connectivity index (χ1n) is 7.29. The van der Waals surface area contributed by atoms with Gasteiger partial charge in [-0.1, -0.05) is 24.8 Å². The molecule has 1 aliphatic heterocycles. The van der Waals surface area contributed by atoms with Gasteiger partial charge in [-0.15, -0.1) is 11.8 Å². The summed E-state index contributed by atoms with van der Waals surface area (Å²) in [4.78, 5) is 0. The van der Waals surface area contributed by atoms with E-state index in [1.165, 1.54) is 27.1 Å². The van der Waals surface area contributed by atoms with Gasteiger partial charge in [0.1, 0.15) is 0 Å². The fourth-order valence-corrected chi connectivity index (χ4v) is 4.13. The first kappa shape index (κ1) is 14.9. The number of nitrogens with two attached hydrogens (primary N) is 1. The molecule has 1 aromatic heterocycles. The van der Waals surface area contributed by atoms with Crippen LogP contribution in [0, 0.1) is 0 Å². The molecule has 0 saturated heterocycles. The minimum atomic E-state index is 0.788. The van der Waals surface area contributed by atoms with E-state index in [2.05, 4.69) is 53.9 Å². The maximum atomic E-state index is 5.93. The van der Waals surface area contributed by atoms with E-state index in [-0.39, 0.29) is 0 Å². The Bertz CT molecular complexity index is 820. The zero-order chi connectivity index (χ0) is 15.9. The number of thioether (sulfide) groups is 1. The van der Waals surface area contributed by atoms with Gasteiger partial charge in [0.2, 0.25) is 0 Å². The molecule has 0 aliphatic carbocycles. The van der Waals surface area contributed by atoms with Crippen LogP contribution in [0.5, 0.6) is 0 Å². The lowest BCUT2D eigenvalue weighted by molar-refractivity contribution is 0.856. The highest BCUT2D eigenvalue weighted by molar-refractivity contribution is 7.99. The van der Waals surface area contributed by atoms with Gasteiger partial charge >= 0.3 is 0 Å². The number of nitrogens with one attached hydrogen (secondary N) is 1. The van der Waals surface area contributed by atoms with E-state index in [1.807, 2.05) is 25.7 Å². The number of benzene rings is 1. The molecule has 0 atom stereocenters. The van der Waals surface area contributed by atoms with Crippen LogP contribution in [0.15, 0.2) is 58.9 Å². The van der Waals surface area contributed by atoms with Crippen molar-refractivity contribution in [1.82, 2.24) is 9.88 Å². The van der Waals surface area contributed by atoms with E-state index in [4.69, 9.17) is 5.73 Å². The first-order chi connectivity index (χ1) is 10.5. The van der Waals surface area contributed by atoms with Crippen molar-refractivity contribution in [2.75, 3.05) is 12.8 Å². The summed E-state index contributed by atoms with van der Waals surface area (Å²) in [5, 5.41) is 5.72. The lowest BCUT2D eigenvalue weighted by atomic mass is 9.98. The number of aromatic nitrogens is 1. The Balaban J connectivity index is 2.16. The number of aryl methyl sites for hydroxylation is 1. The summed E-state index contributed by atoms with van der Waals surface area (Å²) in [6, 6.07) is 8.50. The minimum absolute atomic E-state index is 0.788. The predicted octanol–water partition coefficient (Wildman–Crippen LogP) is 3.63. The van der Waals surface area contributed by atoms with E-state index in [9.17, 15) is 0 Å². The smallest absolute Gasteiger partial charge is 0.0839 e. The van der Waals surface area contributed by atoms with Gasteiger partial charge in [0.25, 0.3) is 0 Å². The van der Waals surface area contributed by atoms with Gasteiger partial charge in [0, 0.05) is 42.0 Å². The third-order valence-corrected chi connectivity index (χ3v) is 5.33. The normalized spacial score (nSPS) is 17.6. The third-order valence-electron chi connectivity index (χ3n) is 4.12. The van der Waals surface area contributed by atoms with E-state index in [0.717, 1.165) is 22.7 Å². The molecule has 22 heavy (non-hydrogen) atoms. The predicted molar refractivity (Wildman–Crippen MR) is 96.7 cm³/mol. The second-order valence-corrected chi connectivity index (χ2v) is 6.50. The van der Waals surface area contributed by atoms with Gasteiger partial charge in [-0.3, -0.25) is 0 Å². The van der Waals surface area contributed by atoms with Crippen LogP contribution in [-0.4, -0.2) is 17.4 Å². The summed E-state index contributed by atoms with van der Waals surface area (Å²) >= 11 is 1.86. The molecule has 114 valence electrons. The summed E-state index contributed by atoms with van der Waals surface area (Å²) in [5.41, 5.74) is 12.5. The Kier molecular flexibility index (Phi) is 3.79. The van der Waals surface area contributed by atoms with Gasteiger partial charge < -0.3 is 15.6 Å². The standard InChI is InChI=1S/C18H21N3S/c1-11-13(9-15(20-3)12(2)19)10-22-18-17(11)14-7-5-6-8-16(14)21(18)4/h5-9,20H,1,10,19H2,2-4H3/b13-9+,15-12-. The number of likely N-dealkylation sites (N-methyl/N-ethyl adjacent to an activating group) is 1. The van der Waals surface area contributed by atoms with Crippen LogP contribution in [-0.2, 0) is 7.05 Å². The number of fused-ring (bicyclic) bond motifs is 3. The molecule has 0 radical (unpaired) electrons. The maximum absolute atomic E-state index is 5.93. The SMILES string of the molecule is C=C1/C(=C/C(NC)=C(\C)N)CSc2c1c1ccccc1n2C. The maximum Gasteiger partial charge on any atom is 0.0839 e. The molecule has 4 heteroatoms. The largest absolute Gasteiger partial charge is 0.401 e. The molecular formula is C18H21N3S. The highest BCUT2D eigenvalue weighted by Crippen LogP contribution is 2.44. The monoisotopic (exact) mass is 311 g/mol. The highest BCUT2D eigenvalue weighted by atomic mass is 32.2. The molecule has 2 aromatic rings. The summed E-state index contributed by atoms with van der Waals surface area (Å²) in [6.45, 7) is 6.27. The van der Waals surface area contributed by atoms with E-state index < -0.39 is 0 Å². The van der Waals surface area contributed by atoms with Crippen molar-refractivity contribution in [3.8, 4) is 0 Å². The Hall–Kier alpha value is -2.07. The fourth-order valence-electron chi connectivity index (χ4n) is 2.91. The number of hydrogen-bond acceptors (Lipinski definition) is 3. The van der Waals surface area contributed by atoms with Gasteiger partial charge in [-0.25, -0.2) is 0 Å². The number of nitrogens with zero attached hydrogens (tertiary/aromatic N) is 1. The zero-order valence-electron chi connectivity index (χ0n) is 13.2. The fraction of sp³-hybridized carbons (Fsp3) is 0.222. The van der Waals surface area contributed by atoms with Crippen molar-refractivity contribution in [3.63, 3.8) is 0 Å². The molecule has 2 heterocycles. The highest BCUT2D eigenvalue weighted by Gasteiger charge is 2.24. The molecule has 1 aliphatic rings. The Morgan fingerprint density at radius 3 is 2.82 bits per heavy atom. The first-order valence-corrected chi connectivity index (χ1v) is 8.27. The van der Waals surface area contributed by atoms with Crippen LogP contribution in [0.3, 0.4) is 0 Å². The molecule has 3 N–H and O–H groups in total. The topological polar surface area (TPSA) is 43.0 Å². The summed E-state index contributed by atoms with van der Waals surface area (Å²) in [7, 11) is 4.02. The molecule has 0 fully saturated rings. The summed E-state index contributed by atoms with van der Waals surface area (Å²) < 4.78 is 2.26. The van der Waals surface area contributed by atoms with Crippen molar-refractivity contribution >= 4 is 28.2 Å².